The number of benzene rings is 1. The minimum Gasteiger partial charge on any atom is -0.331 e. The molecule has 0 unspecified atom stereocenters. The smallest absolute Gasteiger partial charge is 0.178 e. The van der Waals surface area contributed by atoms with Gasteiger partial charge in [0.15, 0.2) is 4.77 Å². The van der Waals surface area contributed by atoms with Crippen molar-refractivity contribution in [2.45, 2.75) is 32.7 Å². The molecule has 0 atom stereocenters. The van der Waals surface area contributed by atoms with E-state index in [9.17, 15) is 4.39 Å². The van der Waals surface area contributed by atoms with E-state index in [0.29, 0.717) is 13.8 Å². The lowest BCUT2D eigenvalue weighted by Crippen LogP contribution is -2.10. The van der Waals surface area contributed by atoms with Crippen molar-refractivity contribution in [1.82, 2.24) is 9.55 Å². The van der Waals surface area contributed by atoms with E-state index in [1.54, 1.807) is 6.07 Å². The second kappa shape index (κ2) is 4.30. The average Bonchev–Trinajstić information content (AvgIpc) is 3.05. The van der Waals surface area contributed by atoms with E-state index in [2.05, 4.69) is 16.5 Å². The average molecular weight is 376 g/mol. The molecule has 3 rings (SSSR count). The summed E-state index contributed by atoms with van der Waals surface area (Å²) in [5, 5.41) is 0. The zero-order valence-electron chi connectivity index (χ0n) is 10.1. The lowest BCUT2D eigenvalue weighted by molar-refractivity contribution is 0.412. The van der Waals surface area contributed by atoms with E-state index in [4.69, 9.17) is 12.2 Å². The monoisotopic (exact) mass is 376 g/mol. The molecule has 1 aliphatic carbocycles. The Morgan fingerprint density at radius 3 is 2.83 bits per heavy atom. The van der Waals surface area contributed by atoms with Gasteiger partial charge in [0.25, 0.3) is 0 Å². The molecule has 1 heterocycles. The molecule has 0 bridgehead atoms. The van der Waals surface area contributed by atoms with Crippen molar-refractivity contribution in [2.24, 2.45) is 5.41 Å². The Kier molecular flexibility index (Phi) is 3.01. The maximum absolute atomic E-state index is 13.7. The second-order valence-electron chi connectivity index (χ2n) is 5.15. The Hall–Kier alpha value is -0.430. The van der Waals surface area contributed by atoms with Crippen LogP contribution in [0.1, 0.15) is 26.2 Å². The first-order chi connectivity index (χ1) is 8.54. The zero-order chi connectivity index (χ0) is 12.9. The van der Waals surface area contributed by atoms with Crippen molar-refractivity contribution in [3.05, 3.63) is 26.3 Å². The quantitative estimate of drug-likeness (QED) is 0.612. The third-order valence-electron chi connectivity index (χ3n) is 4.02. The Morgan fingerprint density at radius 2 is 2.22 bits per heavy atom. The molecule has 1 saturated carbocycles. The lowest BCUT2D eigenvalue weighted by atomic mass is 10.0. The molecule has 5 heteroatoms. The van der Waals surface area contributed by atoms with Crippen molar-refractivity contribution in [3.63, 3.8) is 0 Å². The summed E-state index contributed by atoms with van der Waals surface area (Å²) in [5.74, 6) is -0.174. The van der Waals surface area contributed by atoms with Crippen LogP contribution in [-0.4, -0.2) is 9.55 Å². The van der Waals surface area contributed by atoms with Gasteiger partial charge in [0.1, 0.15) is 5.82 Å². The fraction of sp³-hybridized carbons (Fsp3) is 0.462. The van der Waals surface area contributed by atoms with Crippen molar-refractivity contribution in [1.29, 1.82) is 0 Å². The van der Waals surface area contributed by atoms with Gasteiger partial charge < -0.3 is 9.55 Å². The Bertz CT molecular complexity index is 669. The molecule has 0 spiro atoms. The number of hydrogen-bond donors (Lipinski definition) is 1. The van der Waals surface area contributed by atoms with Gasteiger partial charge in [-0.25, -0.2) is 4.39 Å². The van der Waals surface area contributed by atoms with Crippen LogP contribution in [0, 0.1) is 19.6 Å². The van der Waals surface area contributed by atoms with Crippen LogP contribution in [0.2, 0.25) is 0 Å². The number of rotatable bonds is 3. The molecule has 0 aliphatic heterocycles. The molecular weight excluding hydrogens is 362 g/mol. The van der Waals surface area contributed by atoms with Crippen LogP contribution in [0.4, 0.5) is 4.39 Å². The largest absolute Gasteiger partial charge is 0.331 e. The molecule has 96 valence electrons. The Labute approximate surface area is 124 Å². The van der Waals surface area contributed by atoms with E-state index >= 15 is 0 Å². The fourth-order valence-corrected chi connectivity index (χ4v) is 3.18. The lowest BCUT2D eigenvalue weighted by Gasteiger charge is -2.14. The summed E-state index contributed by atoms with van der Waals surface area (Å²) >= 11 is 7.37. The van der Waals surface area contributed by atoms with Crippen LogP contribution in [0.15, 0.2) is 12.1 Å². The Balaban J connectivity index is 2.13. The van der Waals surface area contributed by atoms with Crippen molar-refractivity contribution in [2.75, 3.05) is 0 Å². The first-order valence-corrected chi connectivity index (χ1v) is 7.61. The highest BCUT2D eigenvalue weighted by Crippen LogP contribution is 2.50. The Morgan fingerprint density at radius 1 is 1.50 bits per heavy atom. The molecule has 1 aromatic carbocycles. The molecule has 1 fully saturated rings. The number of imidazole rings is 1. The molecule has 0 saturated heterocycles. The van der Waals surface area contributed by atoms with Gasteiger partial charge in [-0.3, -0.25) is 0 Å². The maximum Gasteiger partial charge on any atom is 0.178 e. The summed E-state index contributed by atoms with van der Waals surface area (Å²) in [6, 6.07) is 3.41. The van der Waals surface area contributed by atoms with Crippen molar-refractivity contribution < 1.29 is 4.39 Å². The number of aromatic nitrogens is 2. The van der Waals surface area contributed by atoms with Crippen molar-refractivity contribution >= 4 is 45.8 Å². The molecule has 0 amide bonds. The predicted molar refractivity (Wildman–Crippen MR) is 81.8 cm³/mol. The predicted octanol–water partition coefficient (Wildman–Crippen LogP) is 4.63. The van der Waals surface area contributed by atoms with Gasteiger partial charge in [0.2, 0.25) is 0 Å². The van der Waals surface area contributed by atoms with E-state index in [1.807, 2.05) is 28.7 Å². The van der Waals surface area contributed by atoms with Crippen LogP contribution in [0.3, 0.4) is 0 Å². The molecule has 18 heavy (non-hydrogen) atoms. The standard InChI is InChI=1S/C13H14FIN2S/c1-2-13(3-4-13)7-17-11-5-8(14)9(15)6-10(11)16-12(17)18/h5-6H,2-4,7H2,1H3,(H,16,18). The molecule has 1 N–H and O–H groups in total. The summed E-state index contributed by atoms with van der Waals surface area (Å²) in [5.41, 5.74) is 2.21. The van der Waals surface area contributed by atoms with E-state index < -0.39 is 0 Å². The normalized spacial score (nSPS) is 17.3. The minimum absolute atomic E-state index is 0.174. The van der Waals surface area contributed by atoms with Crippen LogP contribution in [-0.2, 0) is 6.54 Å². The highest BCUT2D eigenvalue weighted by molar-refractivity contribution is 14.1. The summed E-state index contributed by atoms with van der Waals surface area (Å²) < 4.78 is 17.1. The van der Waals surface area contributed by atoms with Crippen molar-refractivity contribution in [3.8, 4) is 0 Å². The summed E-state index contributed by atoms with van der Waals surface area (Å²) in [4.78, 5) is 3.18. The number of hydrogen-bond acceptors (Lipinski definition) is 1. The topological polar surface area (TPSA) is 20.7 Å². The van der Waals surface area contributed by atoms with E-state index in [1.165, 1.54) is 12.8 Å². The third kappa shape index (κ3) is 2.01. The van der Waals surface area contributed by atoms with Crippen LogP contribution in [0.25, 0.3) is 11.0 Å². The molecular formula is C13H14FIN2S. The summed E-state index contributed by atoms with van der Waals surface area (Å²) in [6.45, 7) is 3.12. The number of halogens is 2. The fourth-order valence-electron chi connectivity index (χ4n) is 2.44. The van der Waals surface area contributed by atoms with Gasteiger partial charge in [0.05, 0.1) is 14.6 Å². The summed E-state index contributed by atoms with van der Waals surface area (Å²) in [7, 11) is 0. The zero-order valence-corrected chi connectivity index (χ0v) is 13.1. The first kappa shape index (κ1) is 12.6. The third-order valence-corrected chi connectivity index (χ3v) is 5.17. The minimum atomic E-state index is -0.174. The van der Waals surface area contributed by atoms with Gasteiger partial charge in [-0.15, -0.1) is 0 Å². The highest BCUT2D eigenvalue weighted by Gasteiger charge is 2.41. The maximum atomic E-state index is 13.7. The van der Waals surface area contributed by atoms with Gasteiger partial charge in [0, 0.05) is 12.6 Å². The van der Waals surface area contributed by atoms with Gasteiger partial charge in [-0.05, 0) is 65.6 Å². The number of fused-ring (bicyclic) bond motifs is 1. The number of nitrogens with one attached hydrogen (secondary N) is 1. The highest BCUT2D eigenvalue weighted by atomic mass is 127. The molecule has 1 aliphatic rings. The van der Waals surface area contributed by atoms with E-state index in [-0.39, 0.29) is 5.82 Å². The van der Waals surface area contributed by atoms with Crippen LogP contribution < -0.4 is 0 Å². The first-order valence-electron chi connectivity index (χ1n) is 6.12. The second-order valence-corrected chi connectivity index (χ2v) is 6.70. The van der Waals surface area contributed by atoms with E-state index in [0.717, 1.165) is 24.0 Å². The number of nitrogens with zero attached hydrogens (tertiary/aromatic N) is 1. The number of H-pyrrole nitrogens is 1. The molecule has 1 aromatic heterocycles. The molecule has 2 nitrogen and oxygen atoms in total. The van der Waals surface area contributed by atoms with Gasteiger partial charge in [-0.2, -0.15) is 0 Å². The van der Waals surface area contributed by atoms with Crippen LogP contribution >= 0.6 is 34.8 Å². The SMILES string of the molecule is CCC1(Cn2c(=S)[nH]c3cc(I)c(F)cc32)CC1. The number of aromatic amines is 1. The summed E-state index contributed by atoms with van der Waals surface area (Å²) in [6.07, 6.45) is 3.67. The van der Waals surface area contributed by atoms with Crippen LogP contribution in [0.5, 0.6) is 0 Å². The molecule has 0 radical (unpaired) electrons. The molecule has 2 aromatic rings. The van der Waals surface area contributed by atoms with Gasteiger partial charge >= 0.3 is 0 Å². The van der Waals surface area contributed by atoms with Gasteiger partial charge in [-0.1, -0.05) is 6.92 Å².